The lowest BCUT2D eigenvalue weighted by molar-refractivity contribution is 0.412. The molecule has 0 amide bonds. The Morgan fingerprint density at radius 1 is 1.10 bits per heavy atom. The summed E-state index contributed by atoms with van der Waals surface area (Å²) in [6, 6.07) is 15.7. The van der Waals surface area contributed by atoms with Crippen molar-refractivity contribution in [3.63, 3.8) is 0 Å². The second-order valence-electron chi connectivity index (χ2n) is 4.77. The lowest BCUT2D eigenvalue weighted by Gasteiger charge is -2.23. The Hall–Kier alpha value is -2.53. The van der Waals surface area contributed by atoms with Gasteiger partial charge in [0.25, 0.3) is 0 Å². The maximum atomic E-state index is 5.73. The van der Waals surface area contributed by atoms with Gasteiger partial charge < -0.3 is 10.5 Å². The first-order chi connectivity index (χ1) is 10.3. The van der Waals surface area contributed by atoms with Gasteiger partial charge in [-0.15, -0.1) is 10.2 Å². The Morgan fingerprint density at radius 2 is 1.86 bits per heavy atom. The summed E-state index contributed by atoms with van der Waals surface area (Å²) in [5, 5.41) is 8.33. The summed E-state index contributed by atoms with van der Waals surface area (Å²) >= 11 is 0. The standard InChI is InChI=1S/C16H16N4O/c1-21-15-7-3-6-14(9-15)16(18-11-19-20-16)13-5-2-4-12(8-13)10-17/h2-9,11H,10,17H2,1H3. The van der Waals surface area contributed by atoms with Gasteiger partial charge in [-0.1, -0.05) is 30.3 Å². The van der Waals surface area contributed by atoms with Gasteiger partial charge in [-0.05, 0) is 23.8 Å². The molecule has 5 heteroatoms. The van der Waals surface area contributed by atoms with Gasteiger partial charge in [0.2, 0.25) is 5.66 Å². The molecule has 1 heterocycles. The molecule has 2 N–H and O–H groups in total. The highest BCUT2D eigenvalue weighted by atomic mass is 16.5. The molecule has 0 aromatic heterocycles. The quantitative estimate of drug-likeness (QED) is 0.935. The zero-order valence-corrected chi connectivity index (χ0v) is 11.7. The van der Waals surface area contributed by atoms with E-state index in [0.717, 1.165) is 22.4 Å². The van der Waals surface area contributed by atoms with Crippen molar-refractivity contribution < 1.29 is 4.74 Å². The molecule has 106 valence electrons. The largest absolute Gasteiger partial charge is 0.497 e. The van der Waals surface area contributed by atoms with Crippen LogP contribution in [0.2, 0.25) is 0 Å². The zero-order valence-electron chi connectivity index (χ0n) is 11.7. The summed E-state index contributed by atoms with van der Waals surface area (Å²) in [5.74, 6) is 0.763. The number of benzene rings is 2. The topological polar surface area (TPSA) is 72.3 Å². The number of rotatable bonds is 4. The van der Waals surface area contributed by atoms with Crippen LogP contribution in [0.15, 0.2) is 63.8 Å². The second-order valence-corrected chi connectivity index (χ2v) is 4.77. The number of hydrogen-bond acceptors (Lipinski definition) is 5. The number of methoxy groups -OCH3 is 1. The molecular weight excluding hydrogens is 264 g/mol. The van der Waals surface area contributed by atoms with Gasteiger partial charge in [0.15, 0.2) is 0 Å². The van der Waals surface area contributed by atoms with E-state index < -0.39 is 5.66 Å². The Morgan fingerprint density at radius 3 is 2.52 bits per heavy atom. The van der Waals surface area contributed by atoms with E-state index in [9.17, 15) is 0 Å². The van der Waals surface area contributed by atoms with Crippen LogP contribution in [0.4, 0.5) is 0 Å². The third-order valence-corrected chi connectivity index (χ3v) is 3.54. The fourth-order valence-corrected chi connectivity index (χ4v) is 2.43. The average Bonchev–Trinajstić information content (AvgIpc) is 3.06. The van der Waals surface area contributed by atoms with E-state index in [-0.39, 0.29) is 0 Å². The lowest BCUT2D eigenvalue weighted by atomic mass is 9.91. The average molecular weight is 280 g/mol. The highest BCUT2D eigenvalue weighted by Gasteiger charge is 2.36. The first-order valence-electron chi connectivity index (χ1n) is 6.68. The minimum Gasteiger partial charge on any atom is -0.497 e. The maximum absolute atomic E-state index is 5.73. The van der Waals surface area contributed by atoms with Crippen LogP contribution in [-0.4, -0.2) is 13.4 Å². The Balaban J connectivity index is 2.15. The van der Waals surface area contributed by atoms with Gasteiger partial charge >= 0.3 is 0 Å². The van der Waals surface area contributed by atoms with E-state index in [0.29, 0.717) is 6.54 Å². The van der Waals surface area contributed by atoms with E-state index in [2.05, 4.69) is 15.2 Å². The van der Waals surface area contributed by atoms with E-state index in [1.165, 1.54) is 6.34 Å². The van der Waals surface area contributed by atoms with Crippen molar-refractivity contribution in [1.29, 1.82) is 0 Å². The van der Waals surface area contributed by atoms with Gasteiger partial charge in [0, 0.05) is 17.7 Å². The number of azo groups is 1. The molecule has 0 saturated heterocycles. The summed E-state index contributed by atoms with van der Waals surface area (Å²) in [4.78, 5) is 4.50. The van der Waals surface area contributed by atoms with Crippen molar-refractivity contribution >= 4 is 6.34 Å². The molecular formula is C16H16N4O. The summed E-state index contributed by atoms with van der Waals surface area (Å²) in [6.07, 6.45) is 1.48. The van der Waals surface area contributed by atoms with Crippen LogP contribution in [0.1, 0.15) is 16.7 Å². The maximum Gasteiger partial charge on any atom is 0.223 e. The normalized spacial score (nSPS) is 19.9. The molecule has 1 aliphatic heterocycles. The molecule has 0 aliphatic carbocycles. The molecule has 2 aromatic rings. The van der Waals surface area contributed by atoms with Crippen LogP contribution in [-0.2, 0) is 12.2 Å². The minimum absolute atomic E-state index is 0.475. The van der Waals surface area contributed by atoms with E-state index in [1.807, 2.05) is 48.5 Å². The highest BCUT2D eigenvalue weighted by molar-refractivity contribution is 5.61. The summed E-state index contributed by atoms with van der Waals surface area (Å²) in [7, 11) is 1.64. The van der Waals surface area contributed by atoms with Crippen molar-refractivity contribution in [2.24, 2.45) is 21.0 Å². The van der Waals surface area contributed by atoms with Gasteiger partial charge in [0.1, 0.15) is 12.1 Å². The summed E-state index contributed by atoms with van der Waals surface area (Å²) in [5.41, 5.74) is 7.77. The third kappa shape index (κ3) is 2.32. The van der Waals surface area contributed by atoms with Crippen LogP contribution >= 0.6 is 0 Å². The molecule has 2 aromatic carbocycles. The van der Waals surface area contributed by atoms with Crippen LogP contribution in [0, 0.1) is 0 Å². The molecule has 0 bridgehead atoms. The number of hydrogen-bond donors (Lipinski definition) is 1. The Kier molecular flexibility index (Phi) is 3.50. The van der Waals surface area contributed by atoms with Gasteiger partial charge in [0.05, 0.1) is 7.11 Å². The van der Waals surface area contributed by atoms with Crippen molar-refractivity contribution in [3.05, 3.63) is 65.2 Å². The molecule has 1 unspecified atom stereocenters. The smallest absolute Gasteiger partial charge is 0.223 e. The number of ether oxygens (including phenoxy) is 1. The van der Waals surface area contributed by atoms with Crippen molar-refractivity contribution in [2.75, 3.05) is 7.11 Å². The predicted molar refractivity (Wildman–Crippen MR) is 81.5 cm³/mol. The first kappa shape index (κ1) is 13.5. The number of nitrogens with two attached hydrogens (primary N) is 1. The van der Waals surface area contributed by atoms with Crippen LogP contribution in [0.3, 0.4) is 0 Å². The van der Waals surface area contributed by atoms with Crippen LogP contribution in [0.5, 0.6) is 5.75 Å². The molecule has 1 aliphatic rings. The van der Waals surface area contributed by atoms with E-state index in [4.69, 9.17) is 10.5 Å². The predicted octanol–water partition coefficient (Wildman–Crippen LogP) is 2.85. The molecule has 3 rings (SSSR count). The SMILES string of the molecule is COc1cccc(C2(c3cccc(CN)c3)N=CN=N2)c1. The number of aliphatic imine (C=N–C) groups is 1. The molecule has 0 fully saturated rings. The van der Waals surface area contributed by atoms with E-state index >= 15 is 0 Å². The monoisotopic (exact) mass is 280 g/mol. The first-order valence-corrected chi connectivity index (χ1v) is 6.68. The van der Waals surface area contributed by atoms with E-state index in [1.54, 1.807) is 7.11 Å². The lowest BCUT2D eigenvalue weighted by Crippen LogP contribution is -2.21. The van der Waals surface area contributed by atoms with Crippen LogP contribution in [0.25, 0.3) is 0 Å². The van der Waals surface area contributed by atoms with Gasteiger partial charge in [-0.2, -0.15) is 0 Å². The van der Waals surface area contributed by atoms with Gasteiger partial charge in [-0.25, -0.2) is 4.99 Å². The second kappa shape index (κ2) is 5.46. The Labute approximate surface area is 123 Å². The molecule has 0 spiro atoms. The fourth-order valence-electron chi connectivity index (χ4n) is 2.43. The zero-order chi connectivity index (χ0) is 14.7. The third-order valence-electron chi connectivity index (χ3n) is 3.54. The molecule has 0 radical (unpaired) electrons. The van der Waals surface area contributed by atoms with Gasteiger partial charge in [-0.3, -0.25) is 0 Å². The highest BCUT2D eigenvalue weighted by Crippen LogP contribution is 2.39. The van der Waals surface area contributed by atoms with Crippen molar-refractivity contribution in [3.8, 4) is 5.75 Å². The Bertz CT molecular complexity index is 647. The van der Waals surface area contributed by atoms with Crippen molar-refractivity contribution in [1.82, 2.24) is 0 Å². The molecule has 5 nitrogen and oxygen atoms in total. The fraction of sp³-hybridized carbons (Fsp3) is 0.188. The van der Waals surface area contributed by atoms with Crippen molar-refractivity contribution in [2.45, 2.75) is 12.2 Å². The summed E-state index contributed by atoms with van der Waals surface area (Å²) < 4.78 is 5.30. The molecule has 1 atom stereocenters. The molecule has 21 heavy (non-hydrogen) atoms. The summed E-state index contributed by atoms with van der Waals surface area (Å²) in [6.45, 7) is 0.475. The molecule has 0 saturated carbocycles. The number of nitrogens with zero attached hydrogens (tertiary/aromatic N) is 3. The minimum atomic E-state index is -0.848. The van der Waals surface area contributed by atoms with Crippen LogP contribution < -0.4 is 10.5 Å².